The average molecular weight is 288 g/mol. The van der Waals surface area contributed by atoms with Crippen molar-refractivity contribution >= 4 is 28.4 Å². The predicted octanol–water partition coefficient (Wildman–Crippen LogP) is 0.949. The first-order valence-electron chi connectivity index (χ1n) is 6.53. The monoisotopic (exact) mass is 288 g/mol. The number of rotatable bonds is 1. The maximum atomic E-state index is 13.4. The molecule has 21 heavy (non-hydrogen) atoms. The summed E-state index contributed by atoms with van der Waals surface area (Å²) in [6, 6.07) is 4.49. The molecule has 4 N–H and O–H groups in total. The van der Waals surface area contributed by atoms with Crippen LogP contribution in [0.5, 0.6) is 0 Å². The summed E-state index contributed by atoms with van der Waals surface area (Å²) < 4.78 is 13.4. The van der Waals surface area contributed by atoms with Gasteiger partial charge in [0, 0.05) is 22.2 Å². The zero-order valence-corrected chi connectivity index (χ0v) is 11.1. The Balaban J connectivity index is 2.06. The van der Waals surface area contributed by atoms with Crippen LogP contribution in [0.2, 0.25) is 0 Å². The van der Waals surface area contributed by atoms with Gasteiger partial charge in [0.05, 0.1) is 5.71 Å². The molecule has 108 valence electrons. The van der Waals surface area contributed by atoms with Gasteiger partial charge in [-0.1, -0.05) is 0 Å². The smallest absolute Gasteiger partial charge is 0.329 e. The minimum atomic E-state index is -1.10. The van der Waals surface area contributed by atoms with Crippen molar-refractivity contribution < 1.29 is 14.0 Å². The first-order valence-corrected chi connectivity index (χ1v) is 6.53. The van der Waals surface area contributed by atoms with E-state index in [-0.39, 0.29) is 5.82 Å². The van der Waals surface area contributed by atoms with Gasteiger partial charge in [0.25, 0.3) is 0 Å². The number of H-pyrrole nitrogens is 1. The number of nitrogens with one attached hydrogen (secondary N) is 2. The van der Waals surface area contributed by atoms with Crippen LogP contribution in [0.15, 0.2) is 23.3 Å². The zero-order valence-electron chi connectivity index (χ0n) is 11.1. The van der Waals surface area contributed by atoms with Gasteiger partial charge >= 0.3 is 11.8 Å². The van der Waals surface area contributed by atoms with E-state index >= 15 is 0 Å². The van der Waals surface area contributed by atoms with Crippen LogP contribution >= 0.6 is 0 Å². The summed E-state index contributed by atoms with van der Waals surface area (Å²) >= 11 is 0. The Bertz CT molecular complexity index is 779. The lowest BCUT2D eigenvalue weighted by Crippen LogP contribution is -2.33. The number of primary amides is 1. The highest BCUT2D eigenvalue weighted by Crippen LogP contribution is 2.29. The number of halogens is 1. The van der Waals surface area contributed by atoms with Crippen molar-refractivity contribution in [1.82, 2.24) is 10.4 Å². The van der Waals surface area contributed by atoms with Gasteiger partial charge in [-0.3, -0.25) is 9.59 Å². The molecule has 3 rings (SSSR count). The SMILES string of the molecule is NC(=O)C(=O)N/N=C1/CCCc2[nH]c3ccc(F)cc3c21. The molecule has 1 aliphatic rings. The van der Waals surface area contributed by atoms with Crippen molar-refractivity contribution in [3.8, 4) is 0 Å². The standard InChI is InChI=1S/C14H13FN4O2/c15-7-4-5-9-8(6-7)12-10(17-9)2-1-3-11(12)18-19-14(21)13(16)20/h4-6,17H,1-3H2,(H2,16,20)(H,19,21)/b18-11-. The Morgan fingerprint density at radius 2 is 2.14 bits per heavy atom. The van der Waals surface area contributed by atoms with Gasteiger partial charge in [-0.2, -0.15) is 5.10 Å². The number of aryl methyl sites for hydroxylation is 1. The maximum Gasteiger partial charge on any atom is 0.329 e. The van der Waals surface area contributed by atoms with Gasteiger partial charge < -0.3 is 10.7 Å². The topological polar surface area (TPSA) is 100 Å². The van der Waals surface area contributed by atoms with E-state index in [0.717, 1.165) is 35.0 Å². The highest BCUT2D eigenvalue weighted by atomic mass is 19.1. The Morgan fingerprint density at radius 3 is 2.90 bits per heavy atom. The van der Waals surface area contributed by atoms with E-state index in [1.54, 1.807) is 6.07 Å². The second-order valence-corrected chi connectivity index (χ2v) is 4.89. The number of carbonyl (C=O) groups excluding carboxylic acids is 2. The first kappa shape index (κ1) is 13.3. The number of hydrogen-bond acceptors (Lipinski definition) is 3. The van der Waals surface area contributed by atoms with E-state index in [2.05, 4.69) is 15.5 Å². The number of aromatic amines is 1. The van der Waals surface area contributed by atoms with Gasteiger partial charge in [0.15, 0.2) is 0 Å². The fourth-order valence-corrected chi connectivity index (χ4v) is 2.58. The van der Waals surface area contributed by atoms with E-state index in [1.165, 1.54) is 12.1 Å². The number of amides is 2. The second kappa shape index (κ2) is 5.01. The van der Waals surface area contributed by atoms with Crippen molar-refractivity contribution in [2.75, 3.05) is 0 Å². The van der Waals surface area contributed by atoms with Gasteiger partial charge in [0.2, 0.25) is 0 Å². The number of nitrogens with two attached hydrogens (primary N) is 1. The summed E-state index contributed by atoms with van der Waals surface area (Å²) in [5.41, 5.74) is 10.2. The summed E-state index contributed by atoms with van der Waals surface area (Å²) in [6.45, 7) is 0. The summed E-state index contributed by atoms with van der Waals surface area (Å²) in [4.78, 5) is 25.1. The van der Waals surface area contributed by atoms with E-state index in [1.807, 2.05) is 0 Å². The molecule has 0 saturated heterocycles. The molecule has 0 unspecified atom stereocenters. The molecule has 0 radical (unpaired) electrons. The van der Waals surface area contributed by atoms with E-state index in [9.17, 15) is 14.0 Å². The lowest BCUT2D eigenvalue weighted by Gasteiger charge is -2.14. The Hall–Kier alpha value is -2.70. The molecule has 0 bridgehead atoms. The predicted molar refractivity (Wildman–Crippen MR) is 75.1 cm³/mol. The molecule has 2 aromatic rings. The summed E-state index contributed by atoms with van der Waals surface area (Å²) in [6.07, 6.45) is 2.32. The molecular formula is C14H13FN4O2. The quantitative estimate of drug-likeness (QED) is 0.537. The molecular weight excluding hydrogens is 275 g/mol. The number of hydrazone groups is 1. The summed E-state index contributed by atoms with van der Waals surface area (Å²) in [5.74, 6) is -2.41. The molecule has 6 nitrogen and oxygen atoms in total. The number of fused-ring (bicyclic) bond motifs is 3. The lowest BCUT2D eigenvalue weighted by atomic mass is 9.93. The minimum absolute atomic E-state index is 0.338. The van der Waals surface area contributed by atoms with Crippen LogP contribution < -0.4 is 11.2 Å². The highest BCUT2D eigenvalue weighted by molar-refractivity contribution is 6.34. The molecule has 0 aliphatic heterocycles. The van der Waals surface area contributed by atoms with Crippen molar-refractivity contribution in [3.05, 3.63) is 35.3 Å². The van der Waals surface area contributed by atoms with E-state index in [4.69, 9.17) is 5.73 Å². The number of aromatic nitrogens is 1. The van der Waals surface area contributed by atoms with Crippen molar-refractivity contribution in [2.45, 2.75) is 19.3 Å². The van der Waals surface area contributed by atoms with Crippen LogP contribution in [0, 0.1) is 5.82 Å². The average Bonchev–Trinajstić information content (AvgIpc) is 2.82. The molecule has 1 aromatic carbocycles. The summed E-state index contributed by atoms with van der Waals surface area (Å²) in [5, 5.41) is 4.69. The molecule has 1 aliphatic carbocycles. The Morgan fingerprint density at radius 1 is 1.33 bits per heavy atom. The minimum Gasteiger partial charge on any atom is -0.361 e. The van der Waals surface area contributed by atoms with Crippen LogP contribution in [-0.4, -0.2) is 22.5 Å². The molecule has 0 atom stereocenters. The molecule has 7 heteroatoms. The number of carbonyl (C=O) groups is 2. The number of benzene rings is 1. The second-order valence-electron chi connectivity index (χ2n) is 4.89. The van der Waals surface area contributed by atoms with Crippen molar-refractivity contribution in [2.24, 2.45) is 10.8 Å². The third-order valence-corrected chi connectivity index (χ3v) is 3.48. The van der Waals surface area contributed by atoms with Crippen LogP contribution in [-0.2, 0) is 16.0 Å². The van der Waals surface area contributed by atoms with Gasteiger partial charge in [-0.05, 0) is 37.5 Å². The Labute approximate surface area is 119 Å². The van der Waals surface area contributed by atoms with Gasteiger partial charge in [0.1, 0.15) is 5.82 Å². The largest absolute Gasteiger partial charge is 0.361 e. The zero-order chi connectivity index (χ0) is 15.0. The van der Waals surface area contributed by atoms with Gasteiger partial charge in [-0.15, -0.1) is 0 Å². The van der Waals surface area contributed by atoms with Crippen LogP contribution in [0.25, 0.3) is 10.9 Å². The Kier molecular flexibility index (Phi) is 3.17. The molecule has 2 amide bonds. The van der Waals surface area contributed by atoms with E-state index < -0.39 is 11.8 Å². The number of nitrogens with zero attached hydrogens (tertiary/aromatic N) is 1. The lowest BCUT2D eigenvalue weighted by molar-refractivity contribution is -0.137. The molecule has 0 saturated carbocycles. The maximum absolute atomic E-state index is 13.4. The normalized spacial score (nSPS) is 16.0. The van der Waals surface area contributed by atoms with Gasteiger partial charge in [-0.25, -0.2) is 9.82 Å². The molecule has 0 fully saturated rings. The fourth-order valence-electron chi connectivity index (χ4n) is 2.58. The van der Waals surface area contributed by atoms with Crippen LogP contribution in [0.1, 0.15) is 24.1 Å². The molecule has 1 heterocycles. The van der Waals surface area contributed by atoms with Crippen LogP contribution in [0.4, 0.5) is 4.39 Å². The highest BCUT2D eigenvalue weighted by Gasteiger charge is 2.22. The number of hydrogen-bond donors (Lipinski definition) is 3. The van der Waals surface area contributed by atoms with E-state index in [0.29, 0.717) is 12.1 Å². The third kappa shape index (κ3) is 2.37. The fraction of sp³-hybridized carbons (Fsp3) is 0.214. The van der Waals surface area contributed by atoms with Crippen molar-refractivity contribution in [3.63, 3.8) is 0 Å². The first-order chi connectivity index (χ1) is 10.1. The summed E-state index contributed by atoms with van der Waals surface area (Å²) in [7, 11) is 0. The third-order valence-electron chi connectivity index (χ3n) is 3.48. The van der Waals surface area contributed by atoms with Crippen molar-refractivity contribution in [1.29, 1.82) is 0 Å². The molecule has 1 aromatic heterocycles. The molecule has 0 spiro atoms. The van der Waals surface area contributed by atoms with Crippen LogP contribution in [0.3, 0.4) is 0 Å².